The number of aliphatic carboxylic acids is 1. The molecule has 0 amide bonds. The maximum atomic E-state index is 10.9. The molecule has 0 spiro atoms. The molecule has 1 aromatic carbocycles. The molecular weight excluding hydrogens is 264 g/mol. The summed E-state index contributed by atoms with van der Waals surface area (Å²) >= 11 is 6.14. The summed E-state index contributed by atoms with van der Waals surface area (Å²) in [5, 5.41) is 9.57. The van der Waals surface area contributed by atoms with Gasteiger partial charge in [-0.05, 0) is 48.8 Å². The van der Waals surface area contributed by atoms with Crippen molar-refractivity contribution < 1.29 is 14.6 Å². The molecule has 0 aliphatic heterocycles. The monoisotopic (exact) mass is 282 g/mol. The topological polar surface area (TPSA) is 46.5 Å². The van der Waals surface area contributed by atoms with Crippen molar-refractivity contribution in [1.29, 1.82) is 0 Å². The predicted molar refractivity (Wildman–Crippen MR) is 74.9 cm³/mol. The van der Waals surface area contributed by atoms with Gasteiger partial charge in [-0.3, -0.25) is 4.79 Å². The van der Waals surface area contributed by atoms with Crippen LogP contribution < -0.4 is 4.74 Å². The van der Waals surface area contributed by atoms with Crippen molar-refractivity contribution in [2.45, 2.75) is 32.1 Å². The van der Waals surface area contributed by atoms with E-state index in [0.717, 1.165) is 19.3 Å². The summed E-state index contributed by atoms with van der Waals surface area (Å²) in [6.45, 7) is 2.13. The van der Waals surface area contributed by atoms with E-state index in [1.165, 1.54) is 5.56 Å². The van der Waals surface area contributed by atoms with Gasteiger partial charge < -0.3 is 9.84 Å². The smallest absolute Gasteiger partial charge is 0.306 e. The van der Waals surface area contributed by atoms with E-state index in [2.05, 4.69) is 6.92 Å². The van der Waals surface area contributed by atoms with Crippen LogP contribution in [0.25, 0.3) is 0 Å². The lowest BCUT2D eigenvalue weighted by Gasteiger charge is -2.16. The van der Waals surface area contributed by atoms with Crippen LogP contribution in [0.3, 0.4) is 0 Å². The van der Waals surface area contributed by atoms with E-state index in [0.29, 0.717) is 22.6 Å². The van der Waals surface area contributed by atoms with Crippen LogP contribution in [-0.4, -0.2) is 18.2 Å². The Kier molecular flexibility index (Phi) is 4.35. The third-order valence-electron chi connectivity index (χ3n) is 3.97. The molecule has 0 bridgehead atoms. The number of carboxylic acid groups (broad SMARTS) is 1. The second-order valence-corrected chi connectivity index (χ2v) is 5.58. The Morgan fingerprint density at radius 3 is 2.79 bits per heavy atom. The minimum Gasteiger partial charge on any atom is -0.495 e. The van der Waals surface area contributed by atoms with Crippen molar-refractivity contribution in [1.82, 2.24) is 0 Å². The molecule has 1 aromatic rings. The molecule has 3 atom stereocenters. The Labute approximate surface area is 118 Å². The molecule has 19 heavy (non-hydrogen) atoms. The second kappa shape index (κ2) is 5.83. The van der Waals surface area contributed by atoms with Crippen molar-refractivity contribution >= 4 is 17.6 Å². The average Bonchev–Trinajstić information content (AvgIpc) is 3.15. The average molecular weight is 283 g/mol. The number of ether oxygens (including phenoxy) is 1. The SMILES string of the molecule is CCC(CC1CC1C(=O)O)c1ccc(OC)c(Cl)c1. The van der Waals surface area contributed by atoms with Gasteiger partial charge in [-0.25, -0.2) is 0 Å². The molecular formula is C15H19ClO3. The van der Waals surface area contributed by atoms with E-state index >= 15 is 0 Å². The number of carboxylic acids is 1. The normalized spacial score (nSPS) is 22.9. The first-order chi connectivity index (χ1) is 9.06. The van der Waals surface area contributed by atoms with E-state index in [1.54, 1.807) is 7.11 Å². The van der Waals surface area contributed by atoms with Crippen LogP contribution >= 0.6 is 11.6 Å². The number of rotatable bonds is 6. The Balaban J connectivity index is 2.06. The van der Waals surface area contributed by atoms with Crippen molar-refractivity contribution in [3.63, 3.8) is 0 Å². The molecule has 0 saturated heterocycles. The molecule has 0 heterocycles. The molecule has 1 aliphatic carbocycles. The standard InChI is InChI=1S/C15H19ClO3/c1-3-9(6-11-7-12(11)15(17)18)10-4-5-14(19-2)13(16)8-10/h4-5,8-9,11-12H,3,6-7H2,1-2H3,(H,17,18). The predicted octanol–water partition coefficient (Wildman–Crippen LogP) is 3.95. The first kappa shape index (κ1) is 14.2. The van der Waals surface area contributed by atoms with E-state index in [4.69, 9.17) is 21.4 Å². The van der Waals surface area contributed by atoms with Gasteiger partial charge in [-0.2, -0.15) is 0 Å². The van der Waals surface area contributed by atoms with Gasteiger partial charge in [0.15, 0.2) is 0 Å². The Morgan fingerprint density at radius 1 is 1.58 bits per heavy atom. The zero-order chi connectivity index (χ0) is 14.0. The molecule has 0 radical (unpaired) electrons. The minimum absolute atomic E-state index is 0.136. The largest absolute Gasteiger partial charge is 0.495 e. The van der Waals surface area contributed by atoms with Crippen molar-refractivity contribution in [2.24, 2.45) is 11.8 Å². The zero-order valence-electron chi connectivity index (χ0n) is 11.2. The van der Waals surface area contributed by atoms with Crippen LogP contribution in [0.4, 0.5) is 0 Å². The highest BCUT2D eigenvalue weighted by Gasteiger charge is 2.43. The highest BCUT2D eigenvalue weighted by molar-refractivity contribution is 6.32. The van der Waals surface area contributed by atoms with Crippen LogP contribution in [-0.2, 0) is 4.79 Å². The Morgan fingerprint density at radius 2 is 2.32 bits per heavy atom. The molecule has 1 fully saturated rings. The van der Waals surface area contributed by atoms with Gasteiger partial charge in [0.25, 0.3) is 0 Å². The van der Waals surface area contributed by atoms with Gasteiger partial charge in [0.2, 0.25) is 0 Å². The van der Waals surface area contributed by atoms with Crippen LogP contribution in [0.1, 0.15) is 37.7 Å². The van der Waals surface area contributed by atoms with Crippen LogP contribution in [0.5, 0.6) is 5.75 Å². The first-order valence-electron chi connectivity index (χ1n) is 6.63. The summed E-state index contributed by atoms with van der Waals surface area (Å²) in [7, 11) is 1.60. The highest BCUT2D eigenvalue weighted by atomic mass is 35.5. The third-order valence-corrected chi connectivity index (χ3v) is 4.26. The van der Waals surface area contributed by atoms with Gasteiger partial charge in [0.05, 0.1) is 18.1 Å². The summed E-state index contributed by atoms with van der Waals surface area (Å²) in [6.07, 6.45) is 2.73. The Bertz CT molecular complexity index is 472. The first-order valence-corrected chi connectivity index (χ1v) is 7.00. The number of hydrogen-bond donors (Lipinski definition) is 1. The fourth-order valence-electron chi connectivity index (χ4n) is 2.65. The van der Waals surface area contributed by atoms with Crippen LogP contribution in [0, 0.1) is 11.8 Å². The molecule has 1 aliphatic rings. The number of benzene rings is 1. The van der Waals surface area contributed by atoms with Crippen molar-refractivity contribution in [3.05, 3.63) is 28.8 Å². The molecule has 2 rings (SSSR count). The van der Waals surface area contributed by atoms with E-state index in [9.17, 15) is 4.79 Å². The summed E-state index contributed by atoms with van der Waals surface area (Å²) in [6, 6.07) is 5.84. The quantitative estimate of drug-likeness (QED) is 0.859. The molecule has 104 valence electrons. The lowest BCUT2D eigenvalue weighted by atomic mass is 9.90. The van der Waals surface area contributed by atoms with Crippen molar-refractivity contribution in [2.75, 3.05) is 7.11 Å². The molecule has 0 aromatic heterocycles. The summed E-state index contributed by atoms with van der Waals surface area (Å²) in [4.78, 5) is 10.9. The van der Waals surface area contributed by atoms with E-state index < -0.39 is 5.97 Å². The van der Waals surface area contributed by atoms with Gasteiger partial charge >= 0.3 is 5.97 Å². The number of carbonyl (C=O) groups is 1. The molecule has 4 heteroatoms. The molecule has 1 saturated carbocycles. The highest BCUT2D eigenvalue weighted by Crippen LogP contribution is 2.46. The molecule has 3 unspecified atom stereocenters. The van der Waals surface area contributed by atoms with Gasteiger partial charge in [-0.1, -0.05) is 24.6 Å². The third kappa shape index (κ3) is 3.21. The van der Waals surface area contributed by atoms with E-state index in [-0.39, 0.29) is 5.92 Å². The Hall–Kier alpha value is -1.22. The fourth-order valence-corrected chi connectivity index (χ4v) is 2.92. The zero-order valence-corrected chi connectivity index (χ0v) is 12.0. The maximum absolute atomic E-state index is 10.9. The molecule has 3 nitrogen and oxygen atoms in total. The minimum atomic E-state index is -0.660. The maximum Gasteiger partial charge on any atom is 0.306 e. The summed E-state index contributed by atoms with van der Waals surface area (Å²) < 4.78 is 5.15. The van der Waals surface area contributed by atoms with Gasteiger partial charge in [0.1, 0.15) is 5.75 Å². The lowest BCUT2D eigenvalue weighted by molar-refractivity contribution is -0.138. The lowest BCUT2D eigenvalue weighted by Crippen LogP contribution is -2.04. The molecule has 1 N–H and O–H groups in total. The van der Waals surface area contributed by atoms with Crippen molar-refractivity contribution in [3.8, 4) is 5.75 Å². The van der Waals surface area contributed by atoms with Crippen LogP contribution in [0.2, 0.25) is 5.02 Å². The number of methoxy groups -OCH3 is 1. The summed E-state index contributed by atoms with van der Waals surface area (Å²) in [5.74, 6) is 0.576. The van der Waals surface area contributed by atoms with Gasteiger partial charge in [-0.15, -0.1) is 0 Å². The fraction of sp³-hybridized carbons (Fsp3) is 0.533. The van der Waals surface area contributed by atoms with Gasteiger partial charge in [0, 0.05) is 0 Å². The second-order valence-electron chi connectivity index (χ2n) is 5.18. The van der Waals surface area contributed by atoms with Crippen LogP contribution in [0.15, 0.2) is 18.2 Å². The van der Waals surface area contributed by atoms with E-state index in [1.807, 2.05) is 18.2 Å². The number of hydrogen-bond acceptors (Lipinski definition) is 2. The number of halogens is 1. The summed E-state index contributed by atoms with van der Waals surface area (Å²) in [5.41, 5.74) is 1.17.